The van der Waals surface area contributed by atoms with Crippen molar-refractivity contribution < 1.29 is 9.53 Å². The molecule has 5 rings (SSSR count). The van der Waals surface area contributed by atoms with E-state index in [-0.39, 0.29) is 17.1 Å². The van der Waals surface area contributed by atoms with E-state index < -0.39 is 0 Å². The van der Waals surface area contributed by atoms with Gasteiger partial charge in [-0.3, -0.25) is 14.4 Å². The third kappa shape index (κ3) is 4.04. The first-order valence-electron chi connectivity index (χ1n) is 11.2. The van der Waals surface area contributed by atoms with Crippen LogP contribution in [0.1, 0.15) is 34.8 Å². The number of aromatic nitrogens is 4. The minimum absolute atomic E-state index is 0.0668. The monoisotopic (exact) mass is 478 g/mol. The number of aryl methyl sites for hydroxylation is 1. The standard InChI is InChI=1S/C23H26N8O2S/c1-23(2)20-15(21(32)31(23)7-6-30-8-10-33-11-9-30)12-19(34-20)16-4-5-25-22(26-16)27-18-14-29(3)28-17(18)13-24/h4-5,12,14H,6-11H2,1-3H3,(H,25,26,27). The van der Waals surface area contributed by atoms with Gasteiger partial charge < -0.3 is 15.0 Å². The number of fused-ring (bicyclic) bond motifs is 1. The Bertz CT molecular complexity index is 1270. The first kappa shape index (κ1) is 22.5. The van der Waals surface area contributed by atoms with Crippen molar-refractivity contribution in [3.05, 3.63) is 40.7 Å². The van der Waals surface area contributed by atoms with Gasteiger partial charge in [-0.1, -0.05) is 0 Å². The zero-order valence-electron chi connectivity index (χ0n) is 19.4. The number of nitriles is 1. The Labute approximate surface area is 201 Å². The fourth-order valence-electron chi connectivity index (χ4n) is 4.44. The molecule has 1 fully saturated rings. The van der Waals surface area contributed by atoms with Crippen molar-refractivity contribution in [2.45, 2.75) is 19.4 Å². The Hall–Kier alpha value is -3.33. The number of thiophene rings is 1. The maximum absolute atomic E-state index is 13.3. The minimum Gasteiger partial charge on any atom is -0.379 e. The van der Waals surface area contributed by atoms with Crippen molar-refractivity contribution >= 4 is 28.9 Å². The summed E-state index contributed by atoms with van der Waals surface area (Å²) in [6.45, 7) is 9.08. The smallest absolute Gasteiger partial charge is 0.255 e. The van der Waals surface area contributed by atoms with Gasteiger partial charge in [0.25, 0.3) is 5.91 Å². The van der Waals surface area contributed by atoms with Crippen molar-refractivity contribution in [1.82, 2.24) is 29.5 Å². The number of carbonyl (C=O) groups excluding carboxylic acids is 1. The number of hydrogen-bond acceptors (Lipinski definition) is 9. The Morgan fingerprint density at radius 1 is 1.29 bits per heavy atom. The SMILES string of the molecule is Cn1cc(Nc2nccc(-c3cc4c(s3)C(C)(C)N(CCN3CCOCC3)C4=O)n2)c(C#N)n1. The summed E-state index contributed by atoms with van der Waals surface area (Å²) in [5.41, 5.74) is 1.91. The average molecular weight is 479 g/mol. The molecule has 0 aromatic carbocycles. The number of rotatable bonds is 6. The van der Waals surface area contributed by atoms with E-state index in [9.17, 15) is 10.1 Å². The van der Waals surface area contributed by atoms with Crippen LogP contribution in [0.5, 0.6) is 0 Å². The zero-order chi connectivity index (χ0) is 23.9. The van der Waals surface area contributed by atoms with E-state index in [2.05, 4.69) is 45.2 Å². The molecule has 2 aliphatic heterocycles. The number of carbonyl (C=O) groups is 1. The zero-order valence-corrected chi connectivity index (χ0v) is 20.2. The summed E-state index contributed by atoms with van der Waals surface area (Å²) in [5.74, 6) is 0.436. The molecule has 1 saturated heterocycles. The number of nitrogens with one attached hydrogen (secondary N) is 1. The maximum Gasteiger partial charge on any atom is 0.255 e. The fraction of sp³-hybridized carbons (Fsp3) is 0.435. The number of morpholine rings is 1. The Kier molecular flexibility index (Phi) is 5.81. The highest BCUT2D eigenvalue weighted by Gasteiger charge is 2.44. The number of nitrogens with zero attached hydrogens (tertiary/aromatic N) is 7. The minimum atomic E-state index is -0.382. The molecular formula is C23H26N8O2S. The Balaban J connectivity index is 1.35. The molecule has 1 N–H and O–H groups in total. The largest absolute Gasteiger partial charge is 0.379 e. The molecule has 3 aromatic heterocycles. The van der Waals surface area contributed by atoms with Crippen LogP contribution in [-0.2, 0) is 17.3 Å². The molecule has 0 aliphatic carbocycles. The Morgan fingerprint density at radius 3 is 2.82 bits per heavy atom. The molecule has 1 amide bonds. The molecule has 0 bridgehead atoms. The van der Waals surface area contributed by atoms with Crippen LogP contribution in [0.15, 0.2) is 24.5 Å². The van der Waals surface area contributed by atoms with E-state index in [0.717, 1.165) is 53.9 Å². The van der Waals surface area contributed by atoms with E-state index in [0.29, 0.717) is 18.2 Å². The van der Waals surface area contributed by atoms with Crippen LogP contribution < -0.4 is 5.32 Å². The molecule has 2 aliphatic rings. The topological polar surface area (TPSA) is 112 Å². The van der Waals surface area contributed by atoms with Gasteiger partial charge in [-0.15, -0.1) is 11.3 Å². The molecule has 0 unspecified atom stereocenters. The molecule has 176 valence electrons. The molecule has 34 heavy (non-hydrogen) atoms. The average Bonchev–Trinajstić information content (AvgIpc) is 3.48. The highest BCUT2D eigenvalue weighted by Crippen LogP contribution is 2.45. The van der Waals surface area contributed by atoms with Gasteiger partial charge in [-0.25, -0.2) is 9.97 Å². The summed E-state index contributed by atoms with van der Waals surface area (Å²) in [4.78, 5) is 28.5. The van der Waals surface area contributed by atoms with Crippen LogP contribution in [0.25, 0.3) is 10.6 Å². The van der Waals surface area contributed by atoms with Crippen LogP contribution in [0.4, 0.5) is 11.6 Å². The lowest BCUT2D eigenvalue weighted by Gasteiger charge is -2.35. The second kappa shape index (κ2) is 8.79. The first-order valence-corrected chi connectivity index (χ1v) is 12.0. The van der Waals surface area contributed by atoms with Crippen molar-refractivity contribution in [3.63, 3.8) is 0 Å². The molecular weight excluding hydrogens is 452 g/mol. The molecule has 0 radical (unpaired) electrons. The van der Waals surface area contributed by atoms with Crippen molar-refractivity contribution in [1.29, 1.82) is 5.26 Å². The van der Waals surface area contributed by atoms with E-state index in [1.807, 2.05) is 17.0 Å². The second-order valence-corrected chi connectivity index (χ2v) is 9.94. The van der Waals surface area contributed by atoms with Gasteiger partial charge in [0.05, 0.1) is 40.6 Å². The van der Waals surface area contributed by atoms with Crippen molar-refractivity contribution in [2.75, 3.05) is 44.7 Å². The van der Waals surface area contributed by atoms with Crippen molar-refractivity contribution in [3.8, 4) is 16.6 Å². The summed E-state index contributed by atoms with van der Waals surface area (Å²) in [6.07, 6.45) is 3.38. The van der Waals surface area contributed by atoms with Gasteiger partial charge in [-0.05, 0) is 26.0 Å². The van der Waals surface area contributed by atoms with Crippen LogP contribution >= 0.6 is 11.3 Å². The van der Waals surface area contributed by atoms with Crippen molar-refractivity contribution in [2.24, 2.45) is 7.05 Å². The Morgan fingerprint density at radius 2 is 2.09 bits per heavy atom. The van der Waals surface area contributed by atoms with Gasteiger partial charge in [-0.2, -0.15) is 10.4 Å². The number of anilines is 2. The number of ether oxygens (including phenoxy) is 1. The van der Waals surface area contributed by atoms with Crippen LogP contribution in [0.3, 0.4) is 0 Å². The highest BCUT2D eigenvalue weighted by atomic mass is 32.1. The van der Waals surface area contributed by atoms with Crippen LogP contribution in [0.2, 0.25) is 0 Å². The summed E-state index contributed by atoms with van der Waals surface area (Å²) in [6, 6.07) is 5.83. The summed E-state index contributed by atoms with van der Waals surface area (Å²) in [5, 5.41) is 16.4. The lowest BCUT2D eigenvalue weighted by Crippen LogP contribution is -2.46. The third-order valence-electron chi connectivity index (χ3n) is 6.27. The fourth-order valence-corrected chi connectivity index (χ4v) is 5.67. The normalized spacial score (nSPS) is 17.6. The van der Waals surface area contributed by atoms with Crippen LogP contribution in [-0.4, -0.2) is 74.8 Å². The second-order valence-electron chi connectivity index (χ2n) is 8.89. The van der Waals surface area contributed by atoms with E-state index in [4.69, 9.17) is 4.74 Å². The van der Waals surface area contributed by atoms with Gasteiger partial charge in [0.15, 0.2) is 5.69 Å². The third-order valence-corrected chi connectivity index (χ3v) is 7.74. The summed E-state index contributed by atoms with van der Waals surface area (Å²) in [7, 11) is 1.75. The summed E-state index contributed by atoms with van der Waals surface area (Å²) < 4.78 is 6.99. The predicted molar refractivity (Wildman–Crippen MR) is 128 cm³/mol. The lowest BCUT2D eigenvalue weighted by molar-refractivity contribution is 0.0263. The lowest BCUT2D eigenvalue weighted by atomic mass is 10.0. The quantitative estimate of drug-likeness (QED) is 0.575. The number of amides is 1. The molecule has 0 spiro atoms. The van der Waals surface area contributed by atoms with Gasteiger partial charge >= 0.3 is 0 Å². The van der Waals surface area contributed by atoms with Gasteiger partial charge in [0, 0.05) is 50.5 Å². The molecule has 11 heteroatoms. The molecule has 5 heterocycles. The van der Waals surface area contributed by atoms with E-state index in [1.165, 1.54) is 0 Å². The van der Waals surface area contributed by atoms with E-state index >= 15 is 0 Å². The predicted octanol–water partition coefficient (Wildman–Crippen LogP) is 2.58. The molecule has 0 saturated carbocycles. The van der Waals surface area contributed by atoms with Crippen LogP contribution in [0, 0.1) is 11.3 Å². The molecule has 10 nitrogen and oxygen atoms in total. The van der Waals surface area contributed by atoms with Gasteiger partial charge in [0.2, 0.25) is 5.95 Å². The summed E-state index contributed by atoms with van der Waals surface area (Å²) >= 11 is 1.59. The molecule has 0 atom stereocenters. The highest BCUT2D eigenvalue weighted by molar-refractivity contribution is 7.16. The van der Waals surface area contributed by atoms with E-state index in [1.54, 1.807) is 35.5 Å². The molecule has 3 aromatic rings. The maximum atomic E-state index is 13.3. The van der Waals surface area contributed by atoms with Gasteiger partial charge in [0.1, 0.15) is 6.07 Å². The first-order chi connectivity index (χ1) is 16.4. The number of hydrogen-bond donors (Lipinski definition) is 1.